The monoisotopic (exact) mass is 554 g/mol. The quantitative estimate of drug-likeness (QED) is 0.438. The second kappa shape index (κ2) is 12.2. The number of esters is 1. The average molecular weight is 555 g/mol. The van der Waals surface area contributed by atoms with Crippen molar-refractivity contribution in [1.82, 2.24) is 4.90 Å². The van der Waals surface area contributed by atoms with Gasteiger partial charge in [0.15, 0.2) is 34.6 Å². The maximum absolute atomic E-state index is 12.5. The lowest BCUT2D eigenvalue weighted by atomic mass is 10.2. The van der Waals surface area contributed by atoms with E-state index in [0.29, 0.717) is 22.9 Å². The summed E-state index contributed by atoms with van der Waals surface area (Å²) >= 11 is 5.97. The first-order chi connectivity index (χ1) is 17.5. The number of sulfone groups is 1. The second-order valence-electron chi connectivity index (χ2n) is 8.18. The molecule has 0 aromatic heterocycles. The number of benzene rings is 2. The Kier molecular flexibility index (Phi) is 9.22. The second-order valence-corrected chi connectivity index (χ2v) is 10.8. The molecule has 11 nitrogen and oxygen atoms in total. The number of carbonyl (C=O) groups excluding carboxylic acids is 3. The Hall–Kier alpha value is -3.51. The normalized spacial score (nSPS) is 15.9. The number of likely N-dealkylation sites (N-methyl/N-ethyl adjacent to an activating group) is 1. The highest BCUT2D eigenvalue weighted by Crippen LogP contribution is 2.30. The summed E-state index contributed by atoms with van der Waals surface area (Å²) in [5.41, 5.74) is 0.472. The standard InChI is InChI=1S/C24H27ClN2O9S/c1-27(17-8-9-37(31,32)14-17)23(29)13-36-24(30)15-4-6-20(21(10-15)34-3)35-12-22(28)26-18-11-16(25)5-7-19(18)33-2/h4-7,10-11,17H,8-9,12-14H2,1-3H3,(H,26,28)/t17-/m0/s1. The Balaban J connectivity index is 1.55. The van der Waals surface area contributed by atoms with E-state index in [-0.39, 0.29) is 35.2 Å². The van der Waals surface area contributed by atoms with Gasteiger partial charge in [-0.3, -0.25) is 9.59 Å². The van der Waals surface area contributed by atoms with E-state index in [4.69, 9.17) is 30.5 Å². The van der Waals surface area contributed by atoms with Crippen molar-refractivity contribution in [3.63, 3.8) is 0 Å². The maximum atomic E-state index is 12.5. The van der Waals surface area contributed by atoms with Crippen LogP contribution in [0.2, 0.25) is 5.02 Å². The molecule has 2 aromatic carbocycles. The van der Waals surface area contributed by atoms with Crippen molar-refractivity contribution in [2.45, 2.75) is 12.5 Å². The first-order valence-electron chi connectivity index (χ1n) is 11.1. The van der Waals surface area contributed by atoms with E-state index in [1.165, 1.54) is 50.4 Å². The summed E-state index contributed by atoms with van der Waals surface area (Å²) < 4.78 is 44.3. The minimum Gasteiger partial charge on any atom is -0.495 e. The molecule has 1 heterocycles. The van der Waals surface area contributed by atoms with Gasteiger partial charge < -0.3 is 29.2 Å². The first-order valence-corrected chi connectivity index (χ1v) is 13.3. The van der Waals surface area contributed by atoms with Gasteiger partial charge >= 0.3 is 5.97 Å². The number of nitrogens with one attached hydrogen (secondary N) is 1. The van der Waals surface area contributed by atoms with Crippen molar-refractivity contribution in [2.24, 2.45) is 0 Å². The molecule has 37 heavy (non-hydrogen) atoms. The number of amides is 2. The molecule has 1 aliphatic rings. The number of hydrogen-bond donors (Lipinski definition) is 1. The van der Waals surface area contributed by atoms with E-state index >= 15 is 0 Å². The van der Waals surface area contributed by atoms with Crippen molar-refractivity contribution in [3.8, 4) is 17.2 Å². The zero-order chi connectivity index (χ0) is 27.2. The number of rotatable bonds is 10. The number of hydrogen-bond acceptors (Lipinski definition) is 9. The average Bonchev–Trinajstić information content (AvgIpc) is 3.24. The fourth-order valence-corrected chi connectivity index (χ4v) is 5.56. The molecule has 13 heteroatoms. The lowest BCUT2D eigenvalue weighted by Gasteiger charge is -2.23. The molecule has 1 aliphatic heterocycles. The Morgan fingerprint density at radius 3 is 2.38 bits per heavy atom. The van der Waals surface area contributed by atoms with Gasteiger partial charge in [-0.15, -0.1) is 0 Å². The van der Waals surface area contributed by atoms with E-state index in [1.807, 2.05) is 0 Å². The van der Waals surface area contributed by atoms with Crippen LogP contribution in [-0.4, -0.2) is 83.1 Å². The van der Waals surface area contributed by atoms with Crippen LogP contribution in [0.5, 0.6) is 17.2 Å². The Morgan fingerprint density at radius 1 is 1.03 bits per heavy atom. The number of halogens is 1. The molecule has 0 bridgehead atoms. The topological polar surface area (TPSA) is 138 Å². The fraction of sp³-hybridized carbons (Fsp3) is 0.375. The summed E-state index contributed by atoms with van der Waals surface area (Å²) in [6, 6.07) is 8.52. The molecule has 200 valence electrons. The molecule has 0 unspecified atom stereocenters. The molecule has 1 N–H and O–H groups in total. The molecular formula is C24H27ClN2O9S. The zero-order valence-corrected chi connectivity index (χ0v) is 22.1. The minimum atomic E-state index is -3.15. The molecule has 0 radical (unpaired) electrons. The predicted octanol–water partition coefficient (Wildman–Crippen LogP) is 2.18. The van der Waals surface area contributed by atoms with Crippen LogP contribution in [-0.2, 0) is 24.2 Å². The van der Waals surface area contributed by atoms with Crippen molar-refractivity contribution in [3.05, 3.63) is 47.0 Å². The number of carbonyl (C=O) groups is 3. The molecule has 0 spiro atoms. The van der Waals surface area contributed by atoms with Crippen LogP contribution in [0.15, 0.2) is 36.4 Å². The van der Waals surface area contributed by atoms with Crippen LogP contribution >= 0.6 is 11.6 Å². The molecule has 1 fully saturated rings. The van der Waals surface area contributed by atoms with E-state index in [2.05, 4.69) is 5.32 Å². The third-order valence-electron chi connectivity index (χ3n) is 5.67. The van der Waals surface area contributed by atoms with Gasteiger partial charge in [0.1, 0.15) is 5.75 Å². The third-order valence-corrected chi connectivity index (χ3v) is 7.66. The highest BCUT2D eigenvalue weighted by molar-refractivity contribution is 7.91. The smallest absolute Gasteiger partial charge is 0.338 e. The summed E-state index contributed by atoms with van der Waals surface area (Å²) in [6.07, 6.45) is 0.349. The Morgan fingerprint density at radius 2 is 1.73 bits per heavy atom. The van der Waals surface area contributed by atoms with Gasteiger partial charge in [-0.1, -0.05) is 11.6 Å². The molecule has 2 aromatic rings. The molecule has 1 saturated heterocycles. The van der Waals surface area contributed by atoms with Crippen molar-refractivity contribution in [2.75, 3.05) is 51.3 Å². The molecule has 2 amide bonds. The number of anilines is 1. The summed E-state index contributed by atoms with van der Waals surface area (Å²) in [4.78, 5) is 38.5. The van der Waals surface area contributed by atoms with E-state index in [1.54, 1.807) is 12.1 Å². The van der Waals surface area contributed by atoms with Crippen molar-refractivity contribution >= 4 is 44.9 Å². The van der Waals surface area contributed by atoms with Crippen LogP contribution in [0.25, 0.3) is 0 Å². The van der Waals surface area contributed by atoms with Crippen LogP contribution in [0.1, 0.15) is 16.8 Å². The lowest BCUT2D eigenvalue weighted by molar-refractivity contribution is -0.134. The molecule has 1 atom stereocenters. The van der Waals surface area contributed by atoms with E-state index in [0.717, 1.165) is 0 Å². The maximum Gasteiger partial charge on any atom is 0.338 e. The Bertz CT molecular complexity index is 1280. The van der Waals surface area contributed by atoms with Crippen LogP contribution in [0.3, 0.4) is 0 Å². The summed E-state index contributed by atoms with van der Waals surface area (Å²) in [5.74, 6) is -1.06. The fourth-order valence-electron chi connectivity index (χ4n) is 3.62. The zero-order valence-electron chi connectivity index (χ0n) is 20.5. The van der Waals surface area contributed by atoms with Crippen LogP contribution in [0, 0.1) is 0 Å². The summed E-state index contributed by atoms with van der Waals surface area (Å²) in [6.45, 7) is -0.910. The van der Waals surface area contributed by atoms with Gasteiger partial charge in [-0.2, -0.15) is 0 Å². The van der Waals surface area contributed by atoms with Gasteiger partial charge in [0.25, 0.3) is 11.8 Å². The summed E-state index contributed by atoms with van der Waals surface area (Å²) in [7, 11) is 1.15. The SMILES string of the molecule is COc1ccc(Cl)cc1NC(=O)COc1ccc(C(=O)OCC(=O)N(C)[C@H]2CCS(=O)(=O)C2)cc1OC. The van der Waals surface area contributed by atoms with Crippen molar-refractivity contribution < 1.29 is 41.7 Å². The van der Waals surface area contributed by atoms with Gasteiger partial charge in [-0.25, -0.2) is 13.2 Å². The number of methoxy groups -OCH3 is 2. The first kappa shape index (κ1) is 28.1. The molecule has 0 saturated carbocycles. The highest BCUT2D eigenvalue weighted by Gasteiger charge is 2.33. The van der Waals surface area contributed by atoms with E-state index < -0.39 is 40.3 Å². The molecule has 3 rings (SSSR count). The van der Waals surface area contributed by atoms with Crippen molar-refractivity contribution in [1.29, 1.82) is 0 Å². The number of nitrogens with zero attached hydrogens (tertiary/aromatic N) is 1. The van der Waals surface area contributed by atoms with Gasteiger partial charge in [-0.05, 0) is 42.8 Å². The van der Waals surface area contributed by atoms with Crippen LogP contribution in [0.4, 0.5) is 5.69 Å². The lowest BCUT2D eigenvalue weighted by Crippen LogP contribution is -2.40. The van der Waals surface area contributed by atoms with Gasteiger partial charge in [0, 0.05) is 18.1 Å². The Labute approximate surface area is 219 Å². The number of ether oxygens (including phenoxy) is 4. The van der Waals surface area contributed by atoms with Gasteiger partial charge in [0.2, 0.25) is 0 Å². The predicted molar refractivity (Wildman–Crippen MR) is 135 cm³/mol. The highest BCUT2D eigenvalue weighted by atomic mass is 35.5. The van der Waals surface area contributed by atoms with E-state index in [9.17, 15) is 22.8 Å². The van der Waals surface area contributed by atoms with Crippen LogP contribution < -0.4 is 19.5 Å². The molecular weight excluding hydrogens is 528 g/mol. The van der Waals surface area contributed by atoms with Gasteiger partial charge in [0.05, 0.1) is 37.0 Å². The summed E-state index contributed by atoms with van der Waals surface area (Å²) in [5, 5.41) is 3.06. The minimum absolute atomic E-state index is 0.0275. The third kappa shape index (κ3) is 7.49. The molecule has 0 aliphatic carbocycles. The largest absolute Gasteiger partial charge is 0.495 e.